The zero-order valence-corrected chi connectivity index (χ0v) is 16.3. The lowest BCUT2D eigenvalue weighted by molar-refractivity contribution is 0.0929. The topological polar surface area (TPSA) is 64.0 Å². The zero-order chi connectivity index (χ0) is 19.7. The average Bonchev–Trinajstić information content (AvgIpc) is 2.71. The number of benzene rings is 2. The minimum absolute atomic E-state index is 0.199. The molecule has 3 aromatic rings. The van der Waals surface area contributed by atoms with Crippen molar-refractivity contribution in [3.05, 3.63) is 69.9 Å². The van der Waals surface area contributed by atoms with Crippen LogP contribution in [0.25, 0.3) is 10.8 Å². The summed E-state index contributed by atoms with van der Waals surface area (Å²) in [5.41, 5.74) is 0.811. The number of aromatic nitrogens is 2. The molecule has 0 saturated carbocycles. The van der Waals surface area contributed by atoms with Crippen molar-refractivity contribution in [2.24, 2.45) is 0 Å². The molecule has 1 aromatic heterocycles. The summed E-state index contributed by atoms with van der Waals surface area (Å²) in [5, 5.41) is 8.35. The van der Waals surface area contributed by atoms with Gasteiger partial charge in [-0.15, -0.1) is 11.8 Å². The maximum atomic E-state index is 14.1. The maximum absolute atomic E-state index is 14.1. The van der Waals surface area contributed by atoms with E-state index in [2.05, 4.69) is 10.4 Å². The van der Waals surface area contributed by atoms with Crippen molar-refractivity contribution in [1.82, 2.24) is 15.1 Å². The Morgan fingerprint density at radius 3 is 2.82 bits per heavy atom. The summed E-state index contributed by atoms with van der Waals surface area (Å²) in [6.07, 6.45) is 1.44. The predicted molar refractivity (Wildman–Crippen MR) is 108 cm³/mol. The molecular weight excluding hydrogens is 377 g/mol. The standard InChI is InChI=1S/C21H20FN3O2S/c1-2-11-25-21(27)14-7-4-3-6-13(14)18(24-25)20(26)23-17-10-12-28-19-15(17)8-5-9-16(19)22/h3-9,17H,2,10-12H2,1H3,(H,23,26). The van der Waals surface area contributed by atoms with E-state index in [0.29, 0.717) is 28.6 Å². The number of carbonyl (C=O) groups excluding carboxylic acids is 1. The van der Waals surface area contributed by atoms with E-state index in [1.165, 1.54) is 22.5 Å². The van der Waals surface area contributed by atoms with Gasteiger partial charge >= 0.3 is 0 Å². The van der Waals surface area contributed by atoms with Crippen LogP contribution in [-0.2, 0) is 6.54 Å². The first kappa shape index (κ1) is 18.7. The Morgan fingerprint density at radius 2 is 2.04 bits per heavy atom. The van der Waals surface area contributed by atoms with Crippen LogP contribution in [0, 0.1) is 5.82 Å². The van der Waals surface area contributed by atoms with Crippen molar-refractivity contribution >= 4 is 28.4 Å². The van der Waals surface area contributed by atoms with E-state index in [-0.39, 0.29) is 29.0 Å². The van der Waals surface area contributed by atoms with Gasteiger partial charge in [0.15, 0.2) is 5.69 Å². The molecule has 1 N–H and O–H groups in total. The number of fused-ring (bicyclic) bond motifs is 2. The molecule has 0 aliphatic carbocycles. The highest BCUT2D eigenvalue weighted by Crippen LogP contribution is 2.37. The van der Waals surface area contributed by atoms with Crippen molar-refractivity contribution in [3.8, 4) is 0 Å². The van der Waals surface area contributed by atoms with Gasteiger partial charge in [-0.05, 0) is 30.5 Å². The minimum atomic E-state index is -0.354. The van der Waals surface area contributed by atoms with Gasteiger partial charge in [0.1, 0.15) is 5.82 Å². The van der Waals surface area contributed by atoms with Crippen LogP contribution in [0.5, 0.6) is 0 Å². The van der Waals surface area contributed by atoms with E-state index in [9.17, 15) is 14.0 Å². The van der Waals surface area contributed by atoms with Crippen LogP contribution >= 0.6 is 11.8 Å². The molecule has 1 aliphatic rings. The molecule has 5 nitrogen and oxygen atoms in total. The lowest BCUT2D eigenvalue weighted by Crippen LogP contribution is -2.34. The third-order valence-corrected chi connectivity index (χ3v) is 6.01. The number of hydrogen-bond donors (Lipinski definition) is 1. The molecule has 0 fully saturated rings. The molecule has 28 heavy (non-hydrogen) atoms. The quantitative estimate of drug-likeness (QED) is 0.725. The molecule has 2 heterocycles. The Hall–Kier alpha value is -2.67. The summed E-state index contributed by atoms with van der Waals surface area (Å²) in [4.78, 5) is 26.3. The van der Waals surface area contributed by atoms with Crippen LogP contribution in [0.3, 0.4) is 0 Å². The molecule has 0 bridgehead atoms. The van der Waals surface area contributed by atoms with E-state index in [4.69, 9.17) is 0 Å². The van der Waals surface area contributed by atoms with Gasteiger partial charge in [0.25, 0.3) is 11.5 Å². The second-order valence-electron chi connectivity index (χ2n) is 6.74. The summed E-state index contributed by atoms with van der Waals surface area (Å²) in [5.74, 6) is 0.109. The van der Waals surface area contributed by atoms with Crippen molar-refractivity contribution < 1.29 is 9.18 Å². The van der Waals surface area contributed by atoms with E-state index in [1.54, 1.807) is 30.3 Å². The SMILES string of the molecule is CCCn1nc(C(=O)NC2CCSc3c(F)cccc32)c2ccccc2c1=O. The molecule has 7 heteroatoms. The lowest BCUT2D eigenvalue weighted by atomic mass is 10.0. The first-order valence-electron chi connectivity index (χ1n) is 9.32. The fourth-order valence-corrected chi connectivity index (χ4v) is 4.67. The largest absolute Gasteiger partial charge is 0.344 e. The minimum Gasteiger partial charge on any atom is -0.344 e. The summed E-state index contributed by atoms with van der Waals surface area (Å²) in [6, 6.07) is 11.7. The number of aryl methyl sites for hydroxylation is 1. The van der Waals surface area contributed by atoms with Crippen LogP contribution < -0.4 is 10.9 Å². The monoisotopic (exact) mass is 397 g/mol. The molecule has 1 amide bonds. The molecule has 2 aromatic carbocycles. The van der Waals surface area contributed by atoms with Gasteiger partial charge in [-0.25, -0.2) is 9.07 Å². The number of thioether (sulfide) groups is 1. The highest BCUT2D eigenvalue weighted by atomic mass is 32.2. The molecule has 144 valence electrons. The molecule has 0 radical (unpaired) electrons. The van der Waals surface area contributed by atoms with E-state index in [0.717, 1.165) is 17.7 Å². The van der Waals surface area contributed by atoms with Gasteiger partial charge in [0, 0.05) is 22.6 Å². The van der Waals surface area contributed by atoms with Crippen molar-refractivity contribution in [3.63, 3.8) is 0 Å². The summed E-state index contributed by atoms with van der Waals surface area (Å²) >= 11 is 1.47. The van der Waals surface area contributed by atoms with Crippen molar-refractivity contribution in [2.75, 3.05) is 5.75 Å². The van der Waals surface area contributed by atoms with Gasteiger partial charge in [0.05, 0.1) is 11.4 Å². The van der Waals surface area contributed by atoms with E-state index >= 15 is 0 Å². The lowest BCUT2D eigenvalue weighted by Gasteiger charge is -2.26. The van der Waals surface area contributed by atoms with Crippen LogP contribution in [0.1, 0.15) is 41.9 Å². The summed E-state index contributed by atoms with van der Waals surface area (Å²) in [6.45, 7) is 2.40. The normalized spacial score (nSPS) is 16.0. The predicted octanol–water partition coefficient (Wildman–Crippen LogP) is 3.91. The number of halogens is 1. The van der Waals surface area contributed by atoms with Gasteiger partial charge in [0.2, 0.25) is 0 Å². The Morgan fingerprint density at radius 1 is 1.25 bits per heavy atom. The molecular formula is C21H20FN3O2S. The second-order valence-corrected chi connectivity index (χ2v) is 7.85. The van der Waals surface area contributed by atoms with Gasteiger partial charge in [-0.2, -0.15) is 5.10 Å². The first-order valence-corrected chi connectivity index (χ1v) is 10.3. The Labute approximate surface area is 165 Å². The average molecular weight is 397 g/mol. The Balaban J connectivity index is 1.74. The molecule has 1 unspecified atom stereocenters. The Bertz CT molecular complexity index is 1110. The zero-order valence-electron chi connectivity index (χ0n) is 15.4. The molecule has 0 saturated heterocycles. The molecule has 1 aliphatic heterocycles. The second kappa shape index (κ2) is 7.75. The number of amides is 1. The first-order chi connectivity index (χ1) is 13.6. The Kier molecular flexibility index (Phi) is 5.17. The summed E-state index contributed by atoms with van der Waals surface area (Å²) < 4.78 is 15.5. The van der Waals surface area contributed by atoms with Crippen LogP contribution in [-0.4, -0.2) is 21.4 Å². The highest BCUT2D eigenvalue weighted by molar-refractivity contribution is 7.99. The number of nitrogens with one attached hydrogen (secondary N) is 1. The van der Waals surface area contributed by atoms with Crippen molar-refractivity contribution in [1.29, 1.82) is 0 Å². The van der Waals surface area contributed by atoms with Crippen molar-refractivity contribution in [2.45, 2.75) is 37.2 Å². The summed E-state index contributed by atoms with van der Waals surface area (Å²) in [7, 11) is 0. The van der Waals surface area contributed by atoms with Crippen LogP contribution in [0.4, 0.5) is 4.39 Å². The third-order valence-electron chi connectivity index (χ3n) is 4.85. The third kappa shape index (κ3) is 3.30. The number of carbonyl (C=O) groups is 1. The maximum Gasteiger partial charge on any atom is 0.274 e. The van der Waals surface area contributed by atoms with E-state index in [1.807, 2.05) is 13.0 Å². The van der Waals surface area contributed by atoms with Crippen LogP contribution in [0.2, 0.25) is 0 Å². The molecule has 1 atom stereocenters. The van der Waals surface area contributed by atoms with Gasteiger partial charge in [-0.3, -0.25) is 9.59 Å². The molecule has 4 rings (SSSR count). The van der Waals surface area contributed by atoms with Gasteiger partial charge < -0.3 is 5.32 Å². The smallest absolute Gasteiger partial charge is 0.274 e. The number of hydrogen-bond acceptors (Lipinski definition) is 4. The molecule has 0 spiro atoms. The fourth-order valence-electron chi connectivity index (χ4n) is 3.53. The van der Waals surface area contributed by atoms with Crippen LogP contribution in [0.15, 0.2) is 52.2 Å². The van der Waals surface area contributed by atoms with E-state index < -0.39 is 0 Å². The number of nitrogens with zero attached hydrogens (tertiary/aromatic N) is 2. The fraction of sp³-hybridized carbons (Fsp3) is 0.286. The van der Waals surface area contributed by atoms with Gasteiger partial charge in [-0.1, -0.05) is 37.3 Å². The highest BCUT2D eigenvalue weighted by Gasteiger charge is 2.26. The number of rotatable bonds is 4.